The number of methoxy groups -OCH3 is 1. The molecule has 2 N–H and O–H groups in total. The van der Waals surface area contributed by atoms with Crippen LogP contribution in [0.25, 0.3) is 0 Å². The molecule has 0 aliphatic carbocycles. The zero-order valence-corrected chi connectivity index (χ0v) is 11.9. The van der Waals surface area contributed by atoms with Gasteiger partial charge in [-0.1, -0.05) is 13.3 Å². The number of hydrogen-bond acceptors (Lipinski definition) is 3. The first-order valence-electron chi connectivity index (χ1n) is 6.95. The summed E-state index contributed by atoms with van der Waals surface area (Å²) in [6.45, 7) is 3.39. The number of ether oxygens (including phenoxy) is 1. The number of rotatable bonds is 3. The largest absolute Gasteiger partial charge is 0.494 e. The highest BCUT2D eigenvalue weighted by atomic mass is 19.1. The summed E-state index contributed by atoms with van der Waals surface area (Å²) in [5, 5.41) is 0. The summed E-state index contributed by atoms with van der Waals surface area (Å²) in [6, 6.07) is 4.37. The maximum absolute atomic E-state index is 13.4. The van der Waals surface area contributed by atoms with Crippen molar-refractivity contribution in [3.8, 4) is 5.75 Å². The minimum Gasteiger partial charge on any atom is -0.494 e. The molecule has 1 fully saturated rings. The fraction of sp³-hybridized carbons (Fsp3) is 0.533. The van der Waals surface area contributed by atoms with Crippen molar-refractivity contribution in [1.82, 2.24) is 4.90 Å². The van der Waals surface area contributed by atoms with E-state index in [1.807, 2.05) is 0 Å². The fourth-order valence-electron chi connectivity index (χ4n) is 2.64. The van der Waals surface area contributed by atoms with Gasteiger partial charge in [0.25, 0.3) is 5.91 Å². The molecule has 5 heteroatoms. The van der Waals surface area contributed by atoms with E-state index < -0.39 is 5.82 Å². The summed E-state index contributed by atoms with van der Waals surface area (Å²) in [4.78, 5) is 14.3. The van der Waals surface area contributed by atoms with Crippen LogP contribution < -0.4 is 10.5 Å². The normalized spacial score (nSPS) is 22.7. The molecule has 1 saturated heterocycles. The average molecular weight is 280 g/mol. The molecular weight excluding hydrogens is 259 g/mol. The predicted octanol–water partition coefficient (Wildman–Crippen LogP) is 2.03. The van der Waals surface area contributed by atoms with E-state index in [4.69, 9.17) is 10.5 Å². The van der Waals surface area contributed by atoms with Crippen LogP contribution in [-0.2, 0) is 0 Å². The zero-order chi connectivity index (χ0) is 14.7. The monoisotopic (exact) mass is 280 g/mol. The van der Waals surface area contributed by atoms with Gasteiger partial charge in [-0.3, -0.25) is 4.79 Å². The Bertz CT molecular complexity index is 493. The van der Waals surface area contributed by atoms with Crippen LogP contribution in [0.15, 0.2) is 18.2 Å². The summed E-state index contributed by atoms with van der Waals surface area (Å²) in [5.74, 6) is -0.128. The summed E-state index contributed by atoms with van der Waals surface area (Å²) in [5.41, 5.74) is 6.50. The Morgan fingerprint density at radius 2 is 2.30 bits per heavy atom. The van der Waals surface area contributed by atoms with E-state index in [1.165, 1.54) is 25.3 Å². The maximum atomic E-state index is 13.4. The Hall–Kier alpha value is -1.62. The molecule has 1 aromatic carbocycles. The van der Waals surface area contributed by atoms with E-state index in [-0.39, 0.29) is 17.7 Å². The Morgan fingerprint density at radius 1 is 1.55 bits per heavy atom. The van der Waals surface area contributed by atoms with Crippen molar-refractivity contribution in [2.45, 2.75) is 25.8 Å². The van der Waals surface area contributed by atoms with Crippen molar-refractivity contribution >= 4 is 5.91 Å². The lowest BCUT2D eigenvalue weighted by Gasteiger charge is -2.36. The number of piperidine rings is 1. The van der Waals surface area contributed by atoms with E-state index in [0.29, 0.717) is 24.6 Å². The van der Waals surface area contributed by atoms with Crippen LogP contribution in [0.4, 0.5) is 4.39 Å². The fourth-order valence-corrected chi connectivity index (χ4v) is 2.64. The van der Waals surface area contributed by atoms with Crippen LogP contribution in [0.3, 0.4) is 0 Å². The molecular formula is C15H21FN2O2. The van der Waals surface area contributed by atoms with E-state index in [9.17, 15) is 9.18 Å². The number of likely N-dealkylation sites (tertiary alicyclic amines) is 1. The van der Waals surface area contributed by atoms with Crippen LogP contribution in [0, 0.1) is 11.7 Å². The van der Waals surface area contributed by atoms with E-state index in [1.54, 1.807) is 4.90 Å². The van der Waals surface area contributed by atoms with Crippen molar-refractivity contribution in [2.75, 3.05) is 20.2 Å². The van der Waals surface area contributed by atoms with Crippen molar-refractivity contribution in [3.63, 3.8) is 0 Å². The third-order valence-electron chi connectivity index (χ3n) is 4.00. The molecule has 2 rings (SSSR count). The van der Waals surface area contributed by atoms with Gasteiger partial charge in [-0.05, 0) is 30.5 Å². The van der Waals surface area contributed by atoms with E-state index in [2.05, 4.69) is 6.92 Å². The van der Waals surface area contributed by atoms with Gasteiger partial charge in [0.2, 0.25) is 0 Å². The lowest BCUT2D eigenvalue weighted by Crippen LogP contribution is -2.49. The first kappa shape index (κ1) is 14.8. The number of carbonyl (C=O) groups is 1. The van der Waals surface area contributed by atoms with Gasteiger partial charge in [0.15, 0.2) is 11.6 Å². The van der Waals surface area contributed by atoms with Crippen LogP contribution in [0.1, 0.15) is 30.1 Å². The van der Waals surface area contributed by atoms with Crippen LogP contribution >= 0.6 is 0 Å². The standard InChI is InChI=1S/C15H21FN2O2/c1-3-10-9-18(7-6-13(10)17)15(19)11-4-5-12(16)14(8-11)20-2/h4-5,8,10,13H,3,6-7,9,17H2,1-2H3. The second-order valence-electron chi connectivity index (χ2n) is 5.22. The summed E-state index contributed by atoms with van der Waals surface area (Å²) in [6.07, 6.45) is 1.76. The molecule has 1 aromatic rings. The number of benzene rings is 1. The molecule has 1 heterocycles. The third-order valence-corrected chi connectivity index (χ3v) is 4.00. The molecule has 1 amide bonds. The van der Waals surface area contributed by atoms with Gasteiger partial charge in [-0.25, -0.2) is 4.39 Å². The number of nitrogens with two attached hydrogens (primary N) is 1. The van der Waals surface area contributed by atoms with Gasteiger partial charge in [-0.2, -0.15) is 0 Å². The lowest BCUT2D eigenvalue weighted by molar-refractivity contribution is 0.0648. The van der Waals surface area contributed by atoms with Crippen molar-refractivity contribution in [1.29, 1.82) is 0 Å². The maximum Gasteiger partial charge on any atom is 0.254 e. The zero-order valence-electron chi connectivity index (χ0n) is 11.9. The first-order chi connectivity index (χ1) is 9.56. The van der Waals surface area contributed by atoms with Crippen molar-refractivity contribution in [2.24, 2.45) is 11.7 Å². The molecule has 1 aliphatic rings. The molecule has 20 heavy (non-hydrogen) atoms. The summed E-state index contributed by atoms with van der Waals surface area (Å²) >= 11 is 0. The van der Waals surface area contributed by atoms with Gasteiger partial charge in [-0.15, -0.1) is 0 Å². The van der Waals surface area contributed by atoms with Crippen LogP contribution in [-0.4, -0.2) is 37.0 Å². The van der Waals surface area contributed by atoms with Gasteiger partial charge < -0.3 is 15.4 Å². The van der Waals surface area contributed by atoms with Gasteiger partial charge in [0.05, 0.1) is 7.11 Å². The molecule has 0 bridgehead atoms. The summed E-state index contributed by atoms with van der Waals surface area (Å²) in [7, 11) is 1.39. The number of halogens is 1. The van der Waals surface area contributed by atoms with E-state index >= 15 is 0 Å². The lowest BCUT2D eigenvalue weighted by atomic mass is 9.90. The highest BCUT2D eigenvalue weighted by Crippen LogP contribution is 2.23. The van der Waals surface area contributed by atoms with Gasteiger partial charge >= 0.3 is 0 Å². The molecule has 0 saturated carbocycles. The van der Waals surface area contributed by atoms with Crippen LogP contribution in [0.5, 0.6) is 5.75 Å². The van der Waals surface area contributed by atoms with Gasteiger partial charge in [0.1, 0.15) is 0 Å². The quantitative estimate of drug-likeness (QED) is 0.921. The first-order valence-corrected chi connectivity index (χ1v) is 6.95. The number of amides is 1. The third kappa shape index (κ3) is 2.93. The summed E-state index contributed by atoms with van der Waals surface area (Å²) < 4.78 is 18.3. The second kappa shape index (κ2) is 6.22. The Kier molecular flexibility index (Phi) is 4.60. The molecule has 2 atom stereocenters. The van der Waals surface area contributed by atoms with Crippen molar-refractivity contribution < 1.29 is 13.9 Å². The smallest absolute Gasteiger partial charge is 0.254 e. The Labute approximate surface area is 118 Å². The SMILES string of the molecule is CCC1CN(C(=O)c2ccc(F)c(OC)c2)CCC1N. The molecule has 110 valence electrons. The molecule has 0 spiro atoms. The number of nitrogens with zero attached hydrogens (tertiary/aromatic N) is 1. The minimum absolute atomic E-state index is 0.0892. The molecule has 2 unspecified atom stereocenters. The van der Waals surface area contributed by atoms with Gasteiger partial charge in [0, 0.05) is 24.7 Å². The second-order valence-corrected chi connectivity index (χ2v) is 5.22. The Morgan fingerprint density at radius 3 is 2.95 bits per heavy atom. The Balaban J connectivity index is 2.15. The number of carbonyl (C=O) groups excluding carboxylic acids is 1. The number of hydrogen-bond donors (Lipinski definition) is 1. The molecule has 0 aromatic heterocycles. The topological polar surface area (TPSA) is 55.6 Å². The molecule has 0 radical (unpaired) electrons. The predicted molar refractivity (Wildman–Crippen MR) is 75.2 cm³/mol. The van der Waals surface area contributed by atoms with E-state index in [0.717, 1.165) is 12.8 Å². The van der Waals surface area contributed by atoms with Crippen LogP contribution in [0.2, 0.25) is 0 Å². The minimum atomic E-state index is -0.462. The average Bonchev–Trinajstić information content (AvgIpc) is 2.47. The highest BCUT2D eigenvalue weighted by Gasteiger charge is 2.28. The van der Waals surface area contributed by atoms with Crippen molar-refractivity contribution in [3.05, 3.63) is 29.6 Å². The molecule has 1 aliphatic heterocycles. The molecule has 4 nitrogen and oxygen atoms in total. The highest BCUT2D eigenvalue weighted by molar-refractivity contribution is 5.94.